The van der Waals surface area contributed by atoms with Crippen molar-refractivity contribution in [2.75, 3.05) is 19.7 Å². The highest BCUT2D eigenvalue weighted by atomic mass is 16.6. The van der Waals surface area contributed by atoms with Gasteiger partial charge >= 0.3 is 30.1 Å². The Kier molecular flexibility index (Phi) is 15.0. The summed E-state index contributed by atoms with van der Waals surface area (Å²) in [4.78, 5) is 64.2. The monoisotopic (exact) mass is 642 g/mol. The summed E-state index contributed by atoms with van der Waals surface area (Å²) in [5.41, 5.74) is -0.00665. The maximum atomic E-state index is 12.9. The molecule has 0 aromatic heterocycles. The summed E-state index contributed by atoms with van der Waals surface area (Å²) in [6.07, 6.45) is -1.96. The van der Waals surface area contributed by atoms with E-state index in [1.807, 2.05) is 60.7 Å². The third kappa shape index (κ3) is 16.5. The molecule has 2 aromatic carbocycles. The van der Waals surface area contributed by atoms with Gasteiger partial charge in [-0.25, -0.2) is 14.4 Å². The van der Waals surface area contributed by atoms with E-state index in [-0.39, 0.29) is 52.2 Å². The fourth-order valence-corrected chi connectivity index (χ4v) is 3.82. The van der Waals surface area contributed by atoms with Gasteiger partial charge in [0.15, 0.2) is 0 Å². The van der Waals surface area contributed by atoms with Gasteiger partial charge in [0, 0.05) is 13.0 Å². The molecule has 0 aliphatic heterocycles. The van der Waals surface area contributed by atoms with Gasteiger partial charge in [-0.15, -0.1) is 0 Å². The Morgan fingerprint density at radius 2 is 1.20 bits per heavy atom. The number of amides is 2. The molecule has 1 N–H and O–H groups in total. The molecule has 2 amide bonds. The summed E-state index contributed by atoms with van der Waals surface area (Å²) in [7, 11) is 0. The van der Waals surface area contributed by atoms with Gasteiger partial charge in [0.25, 0.3) is 0 Å². The molecule has 0 radical (unpaired) electrons. The van der Waals surface area contributed by atoms with Crippen LogP contribution >= 0.6 is 0 Å². The molecule has 0 heterocycles. The molecule has 0 saturated carbocycles. The van der Waals surface area contributed by atoms with E-state index in [2.05, 4.69) is 5.32 Å². The summed E-state index contributed by atoms with van der Waals surface area (Å²) in [5, 5.41) is 2.46. The second-order valence-electron chi connectivity index (χ2n) is 12.4. The summed E-state index contributed by atoms with van der Waals surface area (Å²) in [6, 6.07) is 17.1. The van der Waals surface area contributed by atoms with Gasteiger partial charge in [-0.2, -0.15) is 0 Å². The topological polar surface area (TPSA) is 147 Å². The van der Waals surface area contributed by atoms with Crippen LogP contribution < -0.4 is 5.32 Å². The summed E-state index contributed by atoms with van der Waals surface area (Å²) >= 11 is 0. The molecule has 1 atom stereocenters. The Morgan fingerprint density at radius 1 is 0.674 bits per heavy atom. The lowest BCUT2D eigenvalue weighted by atomic mass is 10.1. The molecular formula is C34H46N2O10. The molecular weight excluding hydrogens is 596 g/mol. The van der Waals surface area contributed by atoms with Gasteiger partial charge < -0.3 is 33.9 Å². The van der Waals surface area contributed by atoms with Crippen LogP contribution in [-0.2, 0) is 51.3 Å². The smallest absolute Gasteiger partial charge is 0.410 e. The van der Waals surface area contributed by atoms with Crippen molar-refractivity contribution in [3.05, 3.63) is 71.8 Å². The van der Waals surface area contributed by atoms with Crippen molar-refractivity contribution in [3.63, 3.8) is 0 Å². The van der Waals surface area contributed by atoms with Crippen LogP contribution in [0.25, 0.3) is 0 Å². The van der Waals surface area contributed by atoms with Crippen LogP contribution in [0.2, 0.25) is 0 Å². The fraction of sp³-hybridized carbons (Fsp3) is 0.500. The number of benzene rings is 2. The maximum absolute atomic E-state index is 12.9. The Labute approximate surface area is 270 Å². The molecule has 46 heavy (non-hydrogen) atoms. The Morgan fingerprint density at radius 3 is 1.74 bits per heavy atom. The van der Waals surface area contributed by atoms with Gasteiger partial charge in [0.1, 0.15) is 37.1 Å². The van der Waals surface area contributed by atoms with Crippen molar-refractivity contribution >= 4 is 30.1 Å². The highest BCUT2D eigenvalue weighted by molar-refractivity contribution is 5.82. The predicted octanol–water partition coefficient (Wildman–Crippen LogP) is 5.32. The normalized spacial score (nSPS) is 11.9. The lowest BCUT2D eigenvalue weighted by Gasteiger charge is -2.26. The number of rotatable bonds is 15. The zero-order valence-electron chi connectivity index (χ0n) is 27.5. The van der Waals surface area contributed by atoms with E-state index in [0.717, 1.165) is 11.1 Å². The number of esters is 3. The van der Waals surface area contributed by atoms with Crippen molar-refractivity contribution in [1.82, 2.24) is 10.2 Å². The van der Waals surface area contributed by atoms with Crippen LogP contribution in [0.4, 0.5) is 9.59 Å². The van der Waals surface area contributed by atoms with Crippen molar-refractivity contribution in [2.24, 2.45) is 0 Å². The molecule has 12 nitrogen and oxygen atoms in total. The average molecular weight is 643 g/mol. The van der Waals surface area contributed by atoms with Crippen molar-refractivity contribution in [1.29, 1.82) is 0 Å². The average Bonchev–Trinajstić information content (AvgIpc) is 2.97. The SMILES string of the molecule is CC(C)(C)OC(=O)N[C@H](CCC(=O)OCCN(CCC(=O)OCc1ccccc1)C(=O)OCc1ccccc1)C(=O)OC(C)(C)C. The lowest BCUT2D eigenvalue weighted by molar-refractivity contribution is -0.158. The predicted molar refractivity (Wildman–Crippen MR) is 168 cm³/mol. The zero-order chi connectivity index (χ0) is 34.2. The van der Waals surface area contributed by atoms with Crippen LogP contribution in [-0.4, -0.2) is 71.9 Å². The van der Waals surface area contributed by atoms with Crippen LogP contribution in [0.15, 0.2) is 60.7 Å². The number of hydrogen-bond donors (Lipinski definition) is 1. The molecule has 0 fully saturated rings. The quantitative estimate of drug-likeness (QED) is 0.200. The minimum Gasteiger partial charge on any atom is -0.464 e. The number of nitrogens with zero attached hydrogens (tertiary/aromatic N) is 1. The fourth-order valence-electron chi connectivity index (χ4n) is 3.82. The van der Waals surface area contributed by atoms with Crippen molar-refractivity contribution in [2.45, 2.75) is 91.3 Å². The van der Waals surface area contributed by atoms with Crippen LogP contribution in [0.5, 0.6) is 0 Å². The summed E-state index contributed by atoms with van der Waals surface area (Å²) < 4.78 is 26.7. The first-order valence-electron chi connectivity index (χ1n) is 15.1. The first kappa shape index (κ1) is 37.6. The van der Waals surface area contributed by atoms with E-state index in [9.17, 15) is 24.0 Å². The first-order valence-corrected chi connectivity index (χ1v) is 15.1. The van der Waals surface area contributed by atoms with E-state index in [4.69, 9.17) is 23.7 Å². The molecule has 0 aliphatic carbocycles. The molecule has 252 valence electrons. The van der Waals surface area contributed by atoms with E-state index in [1.54, 1.807) is 41.5 Å². The molecule has 0 bridgehead atoms. The van der Waals surface area contributed by atoms with Gasteiger partial charge in [0.05, 0.1) is 13.0 Å². The lowest BCUT2D eigenvalue weighted by Crippen LogP contribution is -2.46. The molecule has 2 rings (SSSR count). The van der Waals surface area contributed by atoms with E-state index in [1.165, 1.54) is 4.90 Å². The number of alkyl carbamates (subject to hydrolysis) is 1. The second kappa shape index (κ2) is 18.4. The third-order valence-corrected chi connectivity index (χ3v) is 5.94. The molecule has 0 unspecified atom stereocenters. The number of hydrogen-bond acceptors (Lipinski definition) is 10. The van der Waals surface area contributed by atoms with Gasteiger partial charge in [-0.3, -0.25) is 9.59 Å². The van der Waals surface area contributed by atoms with Crippen LogP contribution in [0.3, 0.4) is 0 Å². The number of ether oxygens (including phenoxy) is 5. The summed E-state index contributed by atoms with van der Waals surface area (Å²) in [5.74, 6) is -1.90. The van der Waals surface area contributed by atoms with E-state index >= 15 is 0 Å². The number of nitrogens with one attached hydrogen (secondary N) is 1. The molecule has 0 spiro atoms. The van der Waals surface area contributed by atoms with Crippen LogP contribution in [0.1, 0.15) is 71.9 Å². The summed E-state index contributed by atoms with van der Waals surface area (Å²) in [6.45, 7) is 9.93. The third-order valence-electron chi connectivity index (χ3n) is 5.94. The molecule has 12 heteroatoms. The van der Waals surface area contributed by atoms with Crippen molar-refractivity contribution < 1.29 is 47.7 Å². The highest BCUT2D eigenvalue weighted by Crippen LogP contribution is 2.13. The Hall–Kier alpha value is -4.61. The van der Waals surface area contributed by atoms with Crippen molar-refractivity contribution in [3.8, 4) is 0 Å². The second-order valence-corrected chi connectivity index (χ2v) is 12.4. The van der Waals surface area contributed by atoms with E-state index in [0.29, 0.717) is 0 Å². The van der Waals surface area contributed by atoms with E-state index < -0.39 is 47.3 Å². The highest BCUT2D eigenvalue weighted by Gasteiger charge is 2.29. The first-order chi connectivity index (χ1) is 21.6. The standard InChI is InChI=1S/C34H46N2O10/c1-33(2,3)45-30(39)27(35-31(40)46-34(4,5)6)17-18-28(37)42-22-21-36(32(41)44-24-26-15-11-8-12-16-26)20-19-29(38)43-23-25-13-9-7-10-14-25/h7-16,27H,17-24H2,1-6H3,(H,35,40)/t27-/m1/s1. The van der Waals surface area contributed by atoms with Crippen LogP contribution in [0, 0.1) is 0 Å². The van der Waals surface area contributed by atoms with Gasteiger partial charge in [0.2, 0.25) is 0 Å². The Balaban J connectivity index is 1.93. The largest absolute Gasteiger partial charge is 0.464 e. The minimum absolute atomic E-state index is 0.0190. The van der Waals surface area contributed by atoms with Gasteiger partial charge in [-0.1, -0.05) is 60.7 Å². The molecule has 2 aromatic rings. The minimum atomic E-state index is -1.16. The number of carbonyl (C=O) groups is 5. The maximum Gasteiger partial charge on any atom is 0.410 e. The Bertz CT molecular complexity index is 1270. The molecule has 0 saturated heterocycles. The number of carbonyl (C=O) groups excluding carboxylic acids is 5. The zero-order valence-corrected chi connectivity index (χ0v) is 27.5. The van der Waals surface area contributed by atoms with Gasteiger partial charge in [-0.05, 0) is 59.1 Å². The molecule has 0 aliphatic rings.